The third-order valence-corrected chi connectivity index (χ3v) is 3.22. The number of hydrogen-bond acceptors (Lipinski definition) is 0. The maximum absolute atomic E-state index is 3.72. The molecule has 0 fully saturated rings. The average Bonchev–Trinajstić information content (AvgIpc) is 2.40. The van der Waals surface area contributed by atoms with Crippen LogP contribution in [-0.2, 0) is 0 Å². The molecule has 0 aliphatic rings. The van der Waals surface area contributed by atoms with E-state index in [1.54, 1.807) is 0 Å². The van der Waals surface area contributed by atoms with Crippen LogP contribution in [0.15, 0.2) is 12.7 Å². The lowest BCUT2D eigenvalue weighted by Gasteiger charge is -1.99. The van der Waals surface area contributed by atoms with Crippen molar-refractivity contribution in [1.29, 1.82) is 0 Å². The minimum atomic E-state index is 1.20. The topological polar surface area (TPSA) is 0 Å². The number of hydrogen-bond donors (Lipinski definition) is 0. The molecule has 0 N–H and O–H groups in total. The normalized spacial score (nSPS) is 9.72. The van der Waals surface area contributed by atoms with Crippen molar-refractivity contribution < 1.29 is 0 Å². The summed E-state index contributed by atoms with van der Waals surface area (Å²) < 4.78 is 0. The Balaban J connectivity index is 0. The molecule has 0 aromatic rings. The van der Waals surface area contributed by atoms with E-state index in [0.717, 1.165) is 0 Å². The van der Waals surface area contributed by atoms with E-state index in [2.05, 4.69) is 27.4 Å². The maximum atomic E-state index is 3.72. The molecule has 110 valence electrons. The van der Waals surface area contributed by atoms with Crippen molar-refractivity contribution in [3.8, 4) is 0 Å². The quantitative estimate of drug-likeness (QED) is 0.253. The van der Waals surface area contributed by atoms with E-state index in [0.29, 0.717) is 0 Å². The van der Waals surface area contributed by atoms with Gasteiger partial charge >= 0.3 is 0 Å². The predicted octanol–water partition coefficient (Wildman–Crippen LogP) is 7.29. The van der Waals surface area contributed by atoms with Gasteiger partial charge in [0, 0.05) is 0 Å². The summed E-state index contributed by atoms with van der Waals surface area (Å²) in [6.45, 7) is 10.5. The van der Waals surface area contributed by atoms with Gasteiger partial charge in [-0.15, -0.1) is 6.58 Å². The van der Waals surface area contributed by atoms with Crippen LogP contribution in [0.2, 0.25) is 0 Å². The molecule has 0 atom stereocenters. The Bertz CT molecular complexity index is 122. The molecule has 0 amide bonds. The van der Waals surface area contributed by atoms with Crippen LogP contribution in [0.4, 0.5) is 0 Å². The van der Waals surface area contributed by atoms with Gasteiger partial charge in [-0.1, -0.05) is 97.5 Å². The molecule has 0 aliphatic heterocycles. The van der Waals surface area contributed by atoms with Crippen LogP contribution in [0.5, 0.6) is 0 Å². The van der Waals surface area contributed by atoms with Gasteiger partial charge < -0.3 is 0 Å². The summed E-state index contributed by atoms with van der Waals surface area (Å²) in [5, 5.41) is 0. The number of unbranched alkanes of at least 4 members (excludes halogenated alkanes) is 11. The van der Waals surface area contributed by atoms with Gasteiger partial charge in [-0.05, 0) is 12.8 Å². The zero-order valence-corrected chi connectivity index (χ0v) is 13.5. The third-order valence-electron chi connectivity index (χ3n) is 3.22. The molecule has 0 radical (unpaired) electrons. The molecule has 0 bridgehead atoms. The lowest BCUT2D eigenvalue weighted by atomic mass is 10.1. The fourth-order valence-electron chi connectivity index (χ4n) is 1.92. The zero-order valence-electron chi connectivity index (χ0n) is 13.5. The molecule has 0 saturated carbocycles. The summed E-state index contributed by atoms with van der Waals surface area (Å²) in [6.07, 6.45) is 20.0. The Morgan fingerprint density at radius 3 is 1.28 bits per heavy atom. The summed E-state index contributed by atoms with van der Waals surface area (Å²) in [4.78, 5) is 0. The lowest BCUT2D eigenvalue weighted by Crippen LogP contribution is -1.79. The molecule has 0 aromatic carbocycles. The first-order chi connectivity index (χ1) is 8.83. The van der Waals surface area contributed by atoms with Gasteiger partial charge in [0.05, 0.1) is 0 Å². The second kappa shape index (κ2) is 22.0. The number of rotatable bonds is 12. The highest BCUT2D eigenvalue weighted by Crippen LogP contribution is 2.09. The van der Waals surface area contributed by atoms with Gasteiger partial charge in [0.15, 0.2) is 0 Å². The van der Waals surface area contributed by atoms with Crippen molar-refractivity contribution in [3.05, 3.63) is 12.7 Å². The van der Waals surface area contributed by atoms with Crippen LogP contribution in [0.25, 0.3) is 0 Å². The Morgan fingerprint density at radius 2 is 0.889 bits per heavy atom. The molecule has 18 heavy (non-hydrogen) atoms. The van der Waals surface area contributed by atoms with E-state index in [4.69, 9.17) is 0 Å². The monoisotopic (exact) mass is 254 g/mol. The van der Waals surface area contributed by atoms with E-state index in [9.17, 15) is 0 Å². The van der Waals surface area contributed by atoms with Crippen molar-refractivity contribution in [2.75, 3.05) is 0 Å². The van der Waals surface area contributed by atoms with Crippen molar-refractivity contribution in [1.82, 2.24) is 0 Å². The molecule has 0 aromatic heterocycles. The van der Waals surface area contributed by atoms with Crippen LogP contribution < -0.4 is 0 Å². The average molecular weight is 255 g/mol. The van der Waals surface area contributed by atoms with Crippen molar-refractivity contribution in [3.63, 3.8) is 0 Å². The molecule has 0 rings (SSSR count). The third kappa shape index (κ3) is 24.8. The summed E-state index contributed by atoms with van der Waals surface area (Å²) in [5.41, 5.74) is 0. The van der Waals surface area contributed by atoms with Crippen LogP contribution in [0, 0.1) is 0 Å². The highest BCUT2D eigenvalue weighted by atomic mass is 14.0. The van der Waals surface area contributed by atoms with E-state index < -0.39 is 0 Å². The highest BCUT2D eigenvalue weighted by Gasteiger charge is 1.89. The summed E-state index contributed by atoms with van der Waals surface area (Å²) in [6, 6.07) is 0. The first-order valence-corrected chi connectivity index (χ1v) is 8.44. The minimum absolute atomic E-state index is 1.20. The Labute approximate surface area is 117 Å². The molecule has 0 unspecified atom stereocenters. The first kappa shape index (κ1) is 20.1. The zero-order chi connectivity index (χ0) is 13.9. The van der Waals surface area contributed by atoms with Crippen LogP contribution in [-0.4, -0.2) is 0 Å². The Morgan fingerprint density at radius 1 is 0.556 bits per heavy atom. The van der Waals surface area contributed by atoms with Gasteiger partial charge in [-0.25, -0.2) is 0 Å². The largest absolute Gasteiger partial charge is 0.103 e. The summed E-state index contributed by atoms with van der Waals surface area (Å²) >= 11 is 0. The SMILES string of the molecule is C=CCCCCCCCCCC.CCCCCC. The molecule has 0 heteroatoms. The van der Waals surface area contributed by atoms with E-state index in [1.807, 2.05) is 6.08 Å². The van der Waals surface area contributed by atoms with E-state index >= 15 is 0 Å². The van der Waals surface area contributed by atoms with Gasteiger partial charge in [0.2, 0.25) is 0 Å². The molecule has 0 spiro atoms. The van der Waals surface area contributed by atoms with E-state index in [1.165, 1.54) is 83.5 Å². The van der Waals surface area contributed by atoms with Crippen LogP contribution >= 0.6 is 0 Å². The van der Waals surface area contributed by atoms with Crippen molar-refractivity contribution in [2.24, 2.45) is 0 Å². The second-order valence-corrected chi connectivity index (χ2v) is 5.26. The predicted molar refractivity (Wildman–Crippen MR) is 87.2 cm³/mol. The molecular formula is C18H38. The van der Waals surface area contributed by atoms with Gasteiger partial charge in [-0.3, -0.25) is 0 Å². The molecule has 0 nitrogen and oxygen atoms in total. The molecule has 0 aliphatic carbocycles. The van der Waals surface area contributed by atoms with Gasteiger partial charge in [-0.2, -0.15) is 0 Å². The van der Waals surface area contributed by atoms with Gasteiger partial charge in [0.1, 0.15) is 0 Å². The number of allylic oxidation sites excluding steroid dienone is 1. The lowest BCUT2D eigenvalue weighted by molar-refractivity contribution is 0.578. The van der Waals surface area contributed by atoms with Crippen LogP contribution in [0.3, 0.4) is 0 Å². The van der Waals surface area contributed by atoms with Crippen LogP contribution in [0.1, 0.15) is 104 Å². The van der Waals surface area contributed by atoms with Crippen molar-refractivity contribution in [2.45, 2.75) is 104 Å². The Hall–Kier alpha value is -0.260. The summed E-state index contributed by atoms with van der Waals surface area (Å²) in [7, 11) is 0. The van der Waals surface area contributed by atoms with Gasteiger partial charge in [0.25, 0.3) is 0 Å². The maximum Gasteiger partial charge on any atom is -0.0353 e. The standard InChI is InChI=1S/C12H24.C6H14/c1-3-5-7-9-11-12-10-8-6-4-2;1-3-5-6-4-2/h3H,1,4-12H2,2H3;3-6H2,1-2H3. The Kier molecular flexibility index (Phi) is 24.5. The smallest absolute Gasteiger partial charge is 0.0353 e. The molecule has 0 heterocycles. The second-order valence-electron chi connectivity index (χ2n) is 5.26. The highest BCUT2D eigenvalue weighted by molar-refractivity contribution is 4.65. The molecular weight excluding hydrogens is 216 g/mol. The fourth-order valence-corrected chi connectivity index (χ4v) is 1.92. The summed E-state index contributed by atoms with van der Waals surface area (Å²) in [5.74, 6) is 0. The first-order valence-electron chi connectivity index (χ1n) is 8.44. The minimum Gasteiger partial charge on any atom is -0.103 e. The van der Waals surface area contributed by atoms with Crippen molar-refractivity contribution >= 4 is 0 Å². The molecule has 0 saturated heterocycles. The van der Waals surface area contributed by atoms with E-state index in [-0.39, 0.29) is 0 Å². The fraction of sp³-hybridized carbons (Fsp3) is 0.889.